The van der Waals surface area contributed by atoms with Crippen molar-refractivity contribution >= 4 is 47.1 Å². The Balaban J connectivity index is 1.76. The molecule has 1 aliphatic carbocycles. The number of aryl methyl sites for hydroxylation is 1. The van der Waals surface area contributed by atoms with Gasteiger partial charge in [-0.15, -0.1) is 35.0 Å². The molecular formula is C22H20Cl2F2N4O2S. The molecule has 0 aliphatic heterocycles. The van der Waals surface area contributed by atoms with Crippen molar-refractivity contribution in [2.75, 3.05) is 7.11 Å². The molecular weight excluding hydrogens is 493 g/mol. The Bertz CT molecular complexity index is 1150. The van der Waals surface area contributed by atoms with Gasteiger partial charge in [-0.1, -0.05) is 0 Å². The zero-order chi connectivity index (χ0) is 24.4. The molecule has 1 fully saturated rings. The number of ether oxygens (including phenoxy) is 1. The van der Waals surface area contributed by atoms with Gasteiger partial charge in [-0.2, -0.15) is 10.4 Å². The summed E-state index contributed by atoms with van der Waals surface area (Å²) in [6.07, 6.45) is -0.929. The molecule has 1 aromatic carbocycles. The molecule has 0 spiro atoms. The Morgan fingerprint density at radius 3 is 2.73 bits per heavy atom. The number of nitrogens with zero attached hydrogens (tertiary/aromatic N) is 3. The largest absolute Gasteiger partial charge is 0.496 e. The van der Waals surface area contributed by atoms with E-state index in [2.05, 4.69) is 15.5 Å². The maximum atomic E-state index is 13.2. The number of benzene rings is 1. The number of carbonyl (C=O) groups excluding carboxylic acids is 1. The van der Waals surface area contributed by atoms with E-state index in [0.717, 1.165) is 17.3 Å². The van der Waals surface area contributed by atoms with Crippen molar-refractivity contribution in [3.8, 4) is 11.8 Å². The minimum Gasteiger partial charge on any atom is -0.496 e. The Labute approximate surface area is 204 Å². The number of hydrogen-bond acceptors (Lipinski definition) is 6. The number of halogens is 4. The number of methoxy groups -OCH3 is 1. The second kappa shape index (κ2) is 9.84. The van der Waals surface area contributed by atoms with Crippen molar-refractivity contribution in [2.45, 2.75) is 41.8 Å². The van der Waals surface area contributed by atoms with Gasteiger partial charge in [-0.3, -0.25) is 4.79 Å². The molecule has 1 aliphatic rings. The molecule has 0 unspecified atom stereocenters. The van der Waals surface area contributed by atoms with E-state index in [1.807, 2.05) is 6.07 Å². The van der Waals surface area contributed by atoms with Crippen LogP contribution in [0.3, 0.4) is 0 Å². The van der Waals surface area contributed by atoms with Crippen LogP contribution in [-0.2, 0) is 10.5 Å². The van der Waals surface area contributed by atoms with Crippen molar-refractivity contribution in [3.63, 3.8) is 0 Å². The van der Waals surface area contributed by atoms with Crippen LogP contribution < -0.4 is 10.2 Å². The molecule has 6 nitrogen and oxygen atoms in total. The average molecular weight is 513 g/mol. The molecule has 1 amide bonds. The highest BCUT2D eigenvalue weighted by atomic mass is 35.5. The predicted octanol–water partition coefficient (Wildman–Crippen LogP) is 5.53. The first-order valence-electron chi connectivity index (χ1n) is 9.73. The highest BCUT2D eigenvalue weighted by Gasteiger charge is 2.68. The van der Waals surface area contributed by atoms with Crippen LogP contribution in [0.5, 0.6) is 5.75 Å². The lowest BCUT2D eigenvalue weighted by Crippen LogP contribution is -2.29. The van der Waals surface area contributed by atoms with E-state index < -0.39 is 16.2 Å². The third-order valence-electron chi connectivity index (χ3n) is 5.35. The molecule has 1 saturated carbocycles. The summed E-state index contributed by atoms with van der Waals surface area (Å²) in [4.78, 5) is 16.2. The van der Waals surface area contributed by atoms with Gasteiger partial charge >= 0.3 is 0 Å². The molecule has 0 saturated heterocycles. The van der Waals surface area contributed by atoms with E-state index in [0.29, 0.717) is 29.1 Å². The van der Waals surface area contributed by atoms with Gasteiger partial charge in [0.1, 0.15) is 26.9 Å². The molecule has 0 radical (unpaired) electrons. The van der Waals surface area contributed by atoms with E-state index in [1.165, 1.54) is 19.4 Å². The molecule has 0 bridgehead atoms. The summed E-state index contributed by atoms with van der Waals surface area (Å²) < 4.78 is 30.6. The molecule has 2 aromatic rings. The summed E-state index contributed by atoms with van der Waals surface area (Å²) in [6, 6.07) is 8.50. The van der Waals surface area contributed by atoms with Gasteiger partial charge < -0.3 is 4.74 Å². The summed E-state index contributed by atoms with van der Waals surface area (Å²) in [5.41, 5.74) is 3.28. The third-order valence-corrected chi connectivity index (χ3v) is 7.47. The SMILES string of the molecule is COc1ccc(C=NNC(=O)[C@@]2(C)CC2(Cl)Cl)cc1CSc1nc(C(F)F)cc(C)c1C#N. The van der Waals surface area contributed by atoms with E-state index >= 15 is 0 Å². The molecule has 174 valence electrons. The first-order valence-corrected chi connectivity index (χ1v) is 11.5. The van der Waals surface area contributed by atoms with Crippen LogP contribution in [0.4, 0.5) is 8.78 Å². The topological polar surface area (TPSA) is 87.4 Å². The van der Waals surface area contributed by atoms with Gasteiger partial charge in [-0.05, 0) is 55.7 Å². The number of nitriles is 1. The van der Waals surface area contributed by atoms with Gasteiger partial charge in [0.15, 0.2) is 0 Å². The number of nitrogens with one attached hydrogen (secondary N) is 1. The molecule has 3 rings (SSSR count). The Hall–Kier alpha value is -2.41. The number of carbonyl (C=O) groups is 1. The van der Waals surface area contributed by atoms with Crippen molar-refractivity contribution in [1.29, 1.82) is 5.26 Å². The first kappa shape index (κ1) is 25.2. The van der Waals surface area contributed by atoms with Gasteiger partial charge in [-0.25, -0.2) is 19.2 Å². The monoisotopic (exact) mass is 512 g/mol. The molecule has 11 heteroatoms. The highest BCUT2D eigenvalue weighted by Crippen LogP contribution is 2.63. The quantitative estimate of drug-likeness (QED) is 0.217. The maximum Gasteiger partial charge on any atom is 0.280 e. The molecule has 1 N–H and O–H groups in total. The summed E-state index contributed by atoms with van der Waals surface area (Å²) >= 11 is 13.2. The summed E-state index contributed by atoms with van der Waals surface area (Å²) in [5, 5.41) is 13.6. The summed E-state index contributed by atoms with van der Waals surface area (Å²) in [5.74, 6) is 0.505. The van der Waals surface area contributed by atoms with Crippen molar-refractivity contribution in [2.24, 2.45) is 10.5 Å². The summed E-state index contributed by atoms with van der Waals surface area (Å²) in [7, 11) is 1.51. The first-order chi connectivity index (χ1) is 15.5. The highest BCUT2D eigenvalue weighted by molar-refractivity contribution is 7.98. The fourth-order valence-electron chi connectivity index (χ4n) is 3.09. The van der Waals surface area contributed by atoms with Gasteiger partial charge in [0, 0.05) is 11.3 Å². The Kier molecular flexibility index (Phi) is 7.52. The molecule has 1 atom stereocenters. The second-order valence-corrected chi connectivity index (χ2v) is 10.2. The number of thioether (sulfide) groups is 1. The number of amides is 1. The fourth-order valence-corrected chi connectivity index (χ4v) is 4.84. The number of pyridine rings is 1. The van der Waals surface area contributed by atoms with Gasteiger partial charge in [0.25, 0.3) is 6.43 Å². The van der Waals surface area contributed by atoms with E-state index in [4.69, 9.17) is 27.9 Å². The van der Waals surface area contributed by atoms with Crippen molar-refractivity contribution in [3.05, 3.63) is 52.2 Å². The van der Waals surface area contributed by atoms with Crippen LogP contribution in [0.25, 0.3) is 0 Å². The lowest BCUT2D eigenvalue weighted by molar-refractivity contribution is -0.125. The summed E-state index contributed by atoms with van der Waals surface area (Å²) in [6.45, 7) is 3.26. The zero-order valence-electron chi connectivity index (χ0n) is 18.0. The minimum atomic E-state index is -2.74. The van der Waals surface area contributed by atoms with Crippen molar-refractivity contribution < 1.29 is 18.3 Å². The van der Waals surface area contributed by atoms with Gasteiger partial charge in [0.2, 0.25) is 5.91 Å². The van der Waals surface area contributed by atoms with Crippen LogP contribution in [-0.4, -0.2) is 28.5 Å². The van der Waals surface area contributed by atoms with Crippen molar-refractivity contribution in [1.82, 2.24) is 10.4 Å². The molecule has 33 heavy (non-hydrogen) atoms. The smallest absolute Gasteiger partial charge is 0.280 e. The predicted molar refractivity (Wildman–Crippen MR) is 124 cm³/mol. The Morgan fingerprint density at radius 1 is 1.45 bits per heavy atom. The fraction of sp³-hybridized carbons (Fsp3) is 0.364. The normalized spacial score (nSPS) is 18.9. The standard InChI is InChI=1S/C22H20Cl2F2N4O2S/c1-12-6-16(18(25)26)29-19(15(12)8-27)33-10-14-7-13(4-5-17(14)32-3)9-28-30-20(31)21(2)11-22(21,23)24/h4-7,9,18H,10-11H2,1-3H3,(H,30,31)/t21-/m1/s1. The minimum absolute atomic E-state index is 0.226. The third kappa shape index (κ3) is 5.40. The number of alkyl halides is 4. The maximum absolute atomic E-state index is 13.2. The lowest BCUT2D eigenvalue weighted by atomic mass is 10.1. The zero-order valence-corrected chi connectivity index (χ0v) is 20.3. The second-order valence-electron chi connectivity index (χ2n) is 7.73. The van der Waals surface area contributed by atoms with Crippen LogP contribution in [0.15, 0.2) is 34.4 Å². The van der Waals surface area contributed by atoms with E-state index in [-0.39, 0.29) is 22.2 Å². The number of hydrogen-bond donors (Lipinski definition) is 1. The molecule has 1 heterocycles. The van der Waals surface area contributed by atoms with Crippen LogP contribution in [0.1, 0.15) is 47.7 Å². The average Bonchev–Trinajstić information content (AvgIpc) is 3.30. The van der Waals surface area contributed by atoms with Gasteiger partial charge in [0.05, 0.1) is 24.3 Å². The number of hydrazone groups is 1. The van der Waals surface area contributed by atoms with Crippen LogP contribution in [0, 0.1) is 23.7 Å². The van der Waals surface area contributed by atoms with Crippen LogP contribution in [0.2, 0.25) is 0 Å². The van der Waals surface area contributed by atoms with E-state index in [1.54, 1.807) is 32.0 Å². The number of rotatable bonds is 8. The lowest BCUT2D eigenvalue weighted by Gasteiger charge is -2.12. The Morgan fingerprint density at radius 2 is 2.15 bits per heavy atom. The van der Waals surface area contributed by atoms with Crippen LogP contribution >= 0.6 is 35.0 Å². The van der Waals surface area contributed by atoms with E-state index in [9.17, 15) is 18.8 Å². The molecule has 1 aromatic heterocycles. The number of aromatic nitrogens is 1.